The van der Waals surface area contributed by atoms with Crippen LogP contribution in [-0.4, -0.2) is 48.1 Å². The van der Waals surface area contributed by atoms with E-state index in [2.05, 4.69) is 47.6 Å². The zero-order valence-corrected chi connectivity index (χ0v) is 25.6. The second-order valence-electron chi connectivity index (χ2n) is 15.7. The number of carbonyl (C=O) groups is 2. The van der Waals surface area contributed by atoms with Crippen molar-refractivity contribution in [2.75, 3.05) is 13.7 Å². The summed E-state index contributed by atoms with van der Waals surface area (Å²) in [6, 6.07) is 0. The van der Waals surface area contributed by atoms with E-state index in [0.29, 0.717) is 12.3 Å². The number of hydrogen-bond donors (Lipinski definition) is 2. The second kappa shape index (κ2) is 9.05. The van der Waals surface area contributed by atoms with Crippen LogP contribution in [0.15, 0.2) is 11.6 Å². The number of methoxy groups -OCH3 is 1. The maximum atomic E-state index is 12.9. The number of rotatable bonds is 3. The van der Waals surface area contributed by atoms with Crippen LogP contribution in [0, 0.1) is 50.2 Å². The summed E-state index contributed by atoms with van der Waals surface area (Å²) in [6.45, 7) is 15.4. The molecular weight excluding hydrogens is 492 g/mol. The van der Waals surface area contributed by atoms with Crippen LogP contribution in [0.25, 0.3) is 0 Å². The molecule has 0 aromatic heterocycles. The van der Waals surface area contributed by atoms with E-state index < -0.39 is 28.5 Å². The summed E-state index contributed by atoms with van der Waals surface area (Å²) in [5, 5.41) is 23.0. The third kappa shape index (κ3) is 3.78. The van der Waals surface area contributed by atoms with Gasteiger partial charge in [-0.15, -0.1) is 0 Å². The summed E-state index contributed by atoms with van der Waals surface area (Å²) in [6.07, 6.45) is 9.32. The lowest BCUT2D eigenvalue weighted by Gasteiger charge is -2.72. The standard InChI is InChI=1S/C33H52O6/c1-20(34)39-19-30(4)23-11-12-32(6)24(33(23,7)26(36)17-25(30)35)10-9-21-22-18-29(3,27(37)38-8)14-13-28(22,2)15-16-31(21,32)5/h9,22-26,35-36H,10-19H2,1-8H3/t22-,23-,24-,25-,26-,28+,29+,30-,31+,32+,33-/m0/s1. The Morgan fingerprint density at radius 1 is 0.949 bits per heavy atom. The van der Waals surface area contributed by atoms with Crippen LogP contribution in [0.2, 0.25) is 0 Å². The van der Waals surface area contributed by atoms with Crippen molar-refractivity contribution in [1.29, 1.82) is 0 Å². The van der Waals surface area contributed by atoms with Gasteiger partial charge in [0.15, 0.2) is 0 Å². The Labute approximate surface area is 235 Å². The zero-order valence-electron chi connectivity index (χ0n) is 25.6. The first kappa shape index (κ1) is 29.1. The van der Waals surface area contributed by atoms with Gasteiger partial charge >= 0.3 is 11.9 Å². The Balaban J connectivity index is 1.56. The number of aliphatic hydroxyl groups is 2. The van der Waals surface area contributed by atoms with Gasteiger partial charge in [0.2, 0.25) is 0 Å². The molecule has 5 aliphatic rings. The van der Waals surface area contributed by atoms with Crippen molar-refractivity contribution in [2.45, 2.75) is 118 Å². The minimum atomic E-state index is -0.715. The van der Waals surface area contributed by atoms with Crippen LogP contribution in [-0.2, 0) is 19.1 Å². The Hall–Kier alpha value is -1.40. The van der Waals surface area contributed by atoms with Crippen molar-refractivity contribution in [2.24, 2.45) is 50.2 Å². The Bertz CT molecular complexity index is 1070. The molecule has 220 valence electrons. The van der Waals surface area contributed by atoms with E-state index >= 15 is 0 Å². The lowest BCUT2D eigenvalue weighted by Crippen LogP contribution is -2.69. The highest BCUT2D eigenvalue weighted by Crippen LogP contribution is 2.75. The lowest BCUT2D eigenvalue weighted by molar-refractivity contribution is -0.255. The largest absolute Gasteiger partial charge is 0.469 e. The highest BCUT2D eigenvalue weighted by atomic mass is 16.5. The van der Waals surface area contributed by atoms with E-state index in [1.807, 2.05) is 0 Å². The number of fused-ring (bicyclic) bond motifs is 7. The van der Waals surface area contributed by atoms with Gasteiger partial charge in [0.25, 0.3) is 0 Å². The van der Waals surface area contributed by atoms with Crippen molar-refractivity contribution in [3.05, 3.63) is 11.6 Å². The fraction of sp³-hybridized carbons (Fsp3) is 0.879. The van der Waals surface area contributed by atoms with Gasteiger partial charge in [-0.1, -0.05) is 46.3 Å². The monoisotopic (exact) mass is 544 g/mol. The fourth-order valence-electron chi connectivity index (χ4n) is 11.0. The molecule has 0 aromatic rings. The SMILES string of the molecule is COC(=O)[C@]1(C)CC[C@]2(C)CC[C@]3(C)C(=CC[C@@H]4[C@@]5(C)[C@@H](O)C[C@H](O)[C@@](C)(COC(C)=O)[C@@H]5CC[C@]43C)[C@@H]2C1. The van der Waals surface area contributed by atoms with Crippen molar-refractivity contribution in [3.63, 3.8) is 0 Å². The molecule has 4 saturated carbocycles. The van der Waals surface area contributed by atoms with Gasteiger partial charge in [0, 0.05) is 24.2 Å². The molecule has 0 unspecified atom stereocenters. The molecule has 5 rings (SSSR count). The van der Waals surface area contributed by atoms with Crippen LogP contribution in [0.4, 0.5) is 0 Å². The van der Waals surface area contributed by atoms with E-state index in [1.54, 1.807) is 5.57 Å². The van der Waals surface area contributed by atoms with Crippen molar-refractivity contribution in [3.8, 4) is 0 Å². The number of hydrogen-bond acceptors (Lipinski definition) is 6. The van der Waals surface area contributed by atoms with Crippen molar-refractivity contribution in [1.82, 2.24) is 0 Å². The second-order valence-corrected chi connectivity index (χ2v) is 15.7. The molecule has 0 spiro atoms. The van der Waals surface area contributed by atoms with Gasteiger partial charge in [0.05, 0.1) is 31.3 Å². The number of carbonyl (C=O) groups excluding carboxylic acids is 2. The maximum absolute atomic E-state index is 12.9. The smallest absolute Gasteiger partial charge is 0.311 e. The molecule has 0 aliphatic heterocycles. The van der Waals surface area contributed by atoms with Crippen LogP contribution in [0.3, 0.4) is 0 Å². The molecule has 39 heavy (non-hydrogen) atoms. The third-order valence-corrected chi connectivity index (χ3v) is 14.0. The summed E-state index contributed by atoms with van der Waals surface area (Å²) in [4.78, 5) is 24.7. The molecular formula is C33H52O6. The summed E-state index contributed by atoms with van der Waals surface area (Å²) in [5.41, 5.74) is 0.245. The van der Waals surface area contributed by atoms with Crippen LogP contribution in [0.1, 0.15) is 106 Å². The molecule has 6 nitrogen and oxygen atoms in total. The number of ether oxygens (including phenoxy) is 2. The van der Waals surface area contributed by atoms with Gasteiger partial charge in [-0.2, -0.15) is 0 Å². The maximum Gasteiger partial charge on any atom is 0.311 e. The summed E-state index contributed by atoms with van der Waals surface area (Å²) in [7, 11) is 1.51. The topological polar surface area (TPSA) is 93.1 Å². The molecule has 0 bridgehead atoms. The number of esters is 2. The van der Waals surface area contributed by atoms with Gasteiger partial charge < -0.3 is 19.7 Å². The Morgan fingerprint density at radius 3 is 2.26 bits per heavy atom. The average Bonchev–Trinajstić information content (AvgIpc) is 2.87. The first-order chi connectivity index (χ1) is 18.0. The first-order valence-corrected chi connectivity index (χ1v) is 15.3. The van der Waals surface area contributed by atoms with Crippen molar-refractivity contribution < 1.29 is 29.3 Å². The van der Waals surface area contributed by atoms with Gasteiger partial charge in [-0.25, -0.2) is 0 Å². The normalized spacial score (nSPS) is 52.8. The average molecular weight is 545 g/mol. The number of allylic oxidation sites excluding steroid dienone is 2. The fourth-order valence-corrected chi connectivity index (χ4v) is 11.0. The molecule has 6 heteroatoms. The Morgan fingerprint density at radius 2 is 1.62 bits per heavy atom. The summed E-state index contributed by atoms with van der Waals surface area (Å²) < 4.78 is 10.8. The number of aliphatic hydroxyl groups excluding tert-OH is 2. The third-order valence-electron chi connectivity index (χ3n) is 14.0. The van der Waals surface area contributed by atoms with Crippen LogP contribution in [0.5, 0.6) is 0 Å². The van der Waals surface area contributed by atoms with Gasteiger partial charge in [0.1, 0.15) is 0 Å². The summed E-state index contributed by atoms with van der Waals surface area (Å²) in [5.74, 6) is 0.236. The van der Waals surface area contributed by atoms with E-state index in [0.717, 1.165) is 51.4 Å². The predicted molar refractivity (Wildman–Crippen MR) is 149 cm³/mol. The van der Waals surface area contributed by atoms with E-state index in [-0.39, 0.29) is 46.6 Å². The zero-order chi connectivity index (χ0) is 28.8. The molecule has 4 fully saturated rings. The molecule has 0 radical (unpaired) electrons. The molecule has 5 aliphatic carbocycles. The predicted octanol–water partition coefficient (Wildman–Crippen LogP) is 5.84. The molecule has 2 N–H and O–H groups in total. The highest BCUT2D eigenvalue weighted by Gasteiger charge is 2.70. The molecule has 0 amide bonds. The minimum absolute atomic E-state index is 0.0195. The van der Waals surface area contributed by atoms with E-state index in [9.17, 15) is 19.8 Å². The first-order valence-electron chi connectivity index (χ1n) is 15.3. The quantitative estimate of drug-likeness (QED) is 0.343. The highest BCUT2D eigenvalue weighted by molar-refractivity contribution is 5.76. The molecule has 11 atom stereocenters. The molecule has 0 saturated heterocycles. The molecule has 0 aromatic carbocycles. The van der Waals surface area contributed by atoms with Crippen LogP contribution >= 0.6 is 0 Å². The summed E-state index contributed by atoms with van der Waals surface area (Å²) >= 11 is 0. The van der Waals surface area contributed by atoms with E-state index in [1.165, 1.54) is 14.0 Å². The van der Waals surface area contributed by atoms with Gasteiger partial charge in [-0.05, 0) is 92.3 Å². The van der Waals surface area contributed by atoms with E-state index in [4.69, 9.17) is 9.47 Å². The Kier molecular flexibility index (Phi) is 6.75. The minimum Gasteiger partial charge on any atom is -0.469 e. The molecule has 0 heterocycles. The van der Waals surface area contributed by atoms with Gasteiger partial charge in [-0.3, -0.25) is 9.59 Å². The van der Waals surface area contributed by atoms with Crippen LogP contribution < -0.4 is 0 Å². The van der Waals surface area contributed by atoms with Crippen molar-refractivity contribution >= 4 is 11.9 Å². The lowest BCUT2D eigenvalue weighted by atomic mass is 9.33.